The van der Waals surface area contributed by atoms with Crippen molar-refractivity contribution >= 4 is 17.0 Å². The molecule has 2 unspecified atom stereocenters. The number of ether oxygens (including phenoxy) is 2. The Morgan fingerprint density at radius 1 is 1.18 bits per heavy atom. The molecular formula is C28H32N2O4. The molecule has 178 valence electrons. The van der Waals surface area contributed by atoms with E-state index >= 15 is 0 Å². The van der Waals surface area contributed by atoms with Gasteiger partial charge in [-0.1, -0.05) is 6.08 Å². The van der Waals surface area contributed by atoms with E-state index in [1.165, 1.54) is 0 Å². The van der Waals surface area contributed by atoms with Crippen molar-refractivity contribution in [3.05, 3.63) is 72.3 Å². The third-order valence-corrected chi connectivity index (χ3v) is 7.69. The summed E-state index contributed by atoms with van der Waals surface area (Å²) in [6.07, 6.45) is 5.33. The minimum Gasteiger partial charge on any atom is -0.497 e. The second-order valence-corrected chi connectivity index (χ2v) is 9.44. The molecule has 4 aliphatic heterocycles. The molecule has 2 aromatic rings. The molecule has 4 heterocycles. The lowest BCUT2D eigenvalue weighted by Crippen LogP contribution is -2.57. The fourth-order valence-electron chi connectivity index (χ4n) is 5.74. The number of carbonyl (C=O) groups is 1. The number of methoxy groups -OCH3 is 2. The van der Waals surface area contributed by atoms with Crippen LogP contribution in [-0.2, 0) is 0 Å². The first-order valence-corrected chi connectivity index (χ1v) is 11.9. The van der Waals surface area contributed by atoms with Crippen molar-refractivity contribution in [2.24, 2.45) is 11.8 Å². The molecule has 3 fully saturated rings. The van der Waals surface area contributed by atoms with Crippen molar-refractivity contribution in [1.82, 2.24) is 4.90 Å². The molecule has 2 bridgehead atoms. The van der Waals surface area contributed by atoms with Crippen LogP contribution in [0.1, 0.15) is 28.8 Å². The predicted molar refractivity (Wildman–Crippen MR) is 133 cm³/mol. The Bertz CT molecular complexity index is 1110. The van der Waals surface area contributed by atoms with E-state index in [-0.39, 0.29) is 11.8 Å². The van der Waals surface area contributed by atoms with Crippen LogP contribution in [0.25, 0.3) is 5.57 Å². The van der Waals surface area contributed by atoms with Crippen molar-refractivity contribution in [3.63, 3.8) is 0 Å². The summed E-state index contributed by atoms with van der Waals surface area (Å²) in [6.45, 7) is 5.93. The van der Waals surface area contributed by atoms with E-state index in [0.717, 1.165) is 48.5 Å². The number of carbonyl (C=O) groups excluding carboxylic acids is 1. The average molecular weight is 461 g/mol. The van der Waals surface area contributed by atoms with Gasteiger partial charge >= 0.3 is 0 Å². The van der Waals surface area contributed by atoms with E-state index in [1.54, 1.807) is 38.5 Å². The number of hydrogen-bond donors (Lipinski definition) is 2. The van der Waals surface area contributed by atoms with Gasteiger partial charge in [-0.25, -0.2) is 0 Å². The van der Waals surface area contributed by atoms with Crippen molar-refractivity contribution in [3.8, 4) is 11.5 Å². The molecule has 6 nitrogen and oxygen atoms in total. The van der Waals surface area contributed by atoms with Crippen molar-refractivity contribution in [2.45, 2.75) is 31.0 Å². The van der Waals surface area contributed by atoms with Gasteiger partial charge in [0.05, 0.1) is 20.3 Å². The summed E-state index contributed by atoms with van der Waals surface area (Å²) >= 11 is 0. The predicted octanol–water partition coefficient (Wildman–Crippen LogP) is 4.02. The minimum atomic E-state index is -0.701. The second-order valence-electron chi connectivity index (χ2n) is 9.44. The van der Waals surface area contributed by atoms with Crippen LogP contribution in [0.3, 0.4) is 0 Å². The van der Waals surface area contributed by atoms with Gasteiger partial charge in [-0.3, -0.25) is 9.69 Å². The summed E-state index contributed by atoms with van der Waals surface area (Å²) in [5.41, 5.74) is 3.08. The molecule has 0 aliphatic carbocycles. The number of piperidine rings is 3. The number of aliphatic hydroxyl groups excluding tert-OH is 1. The zero-order chi connectivity index (χ0) is 23.8. The van der Waals surface area contributed by atoms with Gasteiger partial charge in [0.25, 0.3) is 0 Å². The number of fused-ring (bicyclic) bond motifs is 4. The summed E-state index contributed by atoms with van der Waals surface area (Å²) in [5, 5.41) is 15.1. The Morgan fingerprint density at radius 2 is 1.91 bits per heavy atom. The molecule has 6 rings (SSSR count). The van der Waals surface area contributed by atoms with Crippen molar-refractivity contribution in [1.29, 1.82) is 0 Å². The highest BCUT2D eigenvalue weighted by molar-refractivity contribution is 6.05. The molecular weight excluding hydrogens is 428 g/mol. The number of aliphatic hydroxyl groups is 1. The molecule has 2 N–H and O–H groups in total. The van der Waals surface area contributed by atoms with E-state index in [4.69, 9.17) is 9.47 Å². The first-order valence-electron chi connectivity index (χ1n) is 11.9. The quantitative estimate of drug-likeness (QED) is 0.480. The topological polar surface area (TPSA) is 71.0 Å². The molecule has 2 aromatic carbocycles. The zero-order valence-electron chi connectivity index (χ0n) is 19.7. The normalized spacial score (nSPS) is 28.2. The number of nitrogens with zero attached hydrogens (tertiary/aromatic N) is 1. The Labute approximate surface area is 200 Å². The van der Waals surface area contributed by atoms with E-state index in [1.807, 2.05) is 24.3 Å². The molecule has 3 saturated heterocycles. The Balaban J connectivity index is 1.49. The van der Waals surface area contributed by atoms with E-state index in [0.29, 0.717) is 23.1 Å². The van der Waals surface area contributed by atoms with E-state index < -0.39 is 12.1 Å². The van der Waals surface area contributed by atoms with Crippen LogP contribution >= 0.6 is 0 Å². The number of hydrogen-bond acceptors (Lipinski definition) is 6. The first kappa shape index (κ1) is 22.7. The second kappa shape index (κ2) is 9.28. The fraction of sp³-hybridized carbons (Fsp3) is 0.393. The maximum Gasteiger partial charge on any atom is 0.188 e. The van der Waals surface area contributed by atoms with Gasteiger partial charge < -0.3 is 19.9 Å². The molecule has 6 atom stereocenters. The molecule has 0 amide bonds. The van der Waals surface area contributed by atoms with Crippen LogP contribution in [0.15, 0.2) is 61.2 Å². The van der Waals surface area contributed by atoms with Crippen molar-refractivity contribution < 1.29 is 19.4 Å². The van der Waals surface area contributed by atoms with Gasteiger partial charge in [0, 0.05) is 29.4 Å². The van der Waals surface area contributed by atoms with Gasteiger partial charge in [-0.15, -0.1) is 6.58 Å². The van der Waals surface area contributed by atoms with Crippen molar-refractivity contribution in [2.75, 3.05) is 32.6 Å². The van der Waals surface area contributed by atoms with Gasteiger partial charge in [-0.05, 0) is 85.3 Å². The molecule has 0 spiro atoms. The smallest absolute Gasteiger partial charge is 0.188 e. The lowest BCUT2D eigenvalue weighted by atomic mass is 9.73. The van der Waals surface area contributed by atoms with Crippen LogP contribution in [0.5, 0.6) is 11.5 Å². The molecule has 0 aromatic heterocycles. The first-order chi connectivity index (χ1) is 16.5. The third-order valence-electron chi connectivity index (χ3n) is 7.69. The average Bonchev–Trinajstić information content (AvgIpc) is 2.91. The fourth-order valence-corrected chi connectivity index (χ4v) is 5.74. The van der Waals surface area contributed by atoms with Gasteiger partial charge in [0.1, 0.15) is 17.5 Å². The van der Waals surface area contributed by atoms with E-state index in [9.17, 15) is 9.90 Å². The molecule has 34 heavy (non-hydrogen) atoms. The molecule has 0 saturated carbocycles. The summed E-state index contributed by atoms with van der Waals surface area (Å²) < 4.78 is 10.7. The number of Topliss-reactive ketones (excluding diaryl/α,β-unsaturated/α-hetero) is 1. The van der Waals surface area contributed by atoms with Crippen LogP contribution in [0.4, 0.5) is 5.69 Å². The SMILES string of the molecule is C=C[C@H]1CN2CC[C@H]1C[C@@H]2[C@@H](O)C1=CC(C(=O)c2ccc(OC)cc2)Nc2ccc(OC)cc21. The maximum atomic E-state index is 13.4. The van der Waals surface area contributed by atoms with Crippen LogP contribution < -0.4 is 14.8 Å². The number of ketones is 1. The van der Waals surface area contributed by atoms with Crippen LogP contribution in [0, 0.1) is 11.8 Å². The van der Waals surface area contributed by atoms with Crippen LogP contribution in [0.2, 0.25) is 0 Å². The summed E-state index contributed by atoms with van der Waals surface area (Å²) in [5.74, 6) is 2.40. The van der Waals surface area contributed by atoms with Gasteiger partial charge in [-0.2, -0.15) is 0 Å². The highest BCUT2D eigenvalue weighted by Gasteiger charge is 2.43. The monoisotopic (exact) mass is 460 g/mol. The maximum absolute atomic E-state index is 13.4. The summed E-state index contributed by atoms with van der Waals surface area (Å²) in [4.78, 5) is 15.8. The largest absolute Gasteiger partial charge is 0.497 e. The number of rotatable bonds is 7. The number of benzene rings is 2. The lowest BCUT2D eigenvalue weighted by molar-refractivity contribution is -0.0254. The zero-order valence-corrected chi connectivity index (χ0v) is 19.7. The van der Waals surface area contributed by atoms with Gasteiger partial charge in [0.2, 0.25) is 0 Å². The van der Waals surface area contributed by atoms with E-state index in [2.05, 4.69) is 22.9 Å². The third kappa shape index (κ3) is 4.01. The number of anilines is 1. The molecule has 4 aliphatic rings. The summed E-state index contributed by atoms with van der Waals surface area (Å²) in [6, 6.07) is 12.3. The van der Waals surface area contributed by atoms with Gasteiger partial charge in [0.15, 0.2) is 5.78 Å². The summed E-state index contributed by atoms with van der Waals surface area (Å²) in [7, 11) is 3.24. The Kier molecular flexibility index (Phi) is 6.19. The highest BCUT2D eigenvalue weighted by Crippen LogP contribution is 2.42. The molecule has 6 heteroatoms. The minimum absolute atomic E-state index is 0.0232. The Hall–Kier alpha value is -3.09. The number of nitrogens with one attached hydrogen (secondary N) is 1. The molecule has 0 radical (unpaired) electrons. The lowest BCUT2D eigenvalue weighted by Gasteiger charge is -2.51. The highest BCUT2D eigenvalue weighted by atomic mass is 16.5. The Morgan fingerprint density at radius 3 is 2.56 bits per heavy atom. The van der Waals surface area contributed by atoms with Crippen LogP contribution in [-0.4, -0.2) is 61.3 Å². The standard InChI is InChI=1S/C28H32N2O4/c1-4-17-16-30-12-11-19(17)13-26(30)28(32)23-15-25(27(31)18-5-7-20(33-2)8-6-18)29-24-10-9-21(34-3)14-22(23)24/h4-10,14-15,17,19,25-26,28-29,32H,1,11-13,16H2,2-3H3/t17-,19-,25?,26+,28-/m0/s1.